The molecule has 27 heavy (non-hydrogen) atoms. The molecule has 1 atom stereocenters. The van der Waals surface area contributed by atoms with Gasteiger partial charge in [0.15, 0.2) is 0 Å². The maximum Gasteiger partial charge on any atom is 0.221 e. The van der Waals surface area contributed by atoms with Gasteiger partial charge in [0.25, 0.3) is 0 Å². The first-order valence-electron chi connectivity index (χ1n) is 9.44. The predicted octanol–water partition coefficient (Wildman–Crippen LogP) is 3.54. The highest BCUT2D eigenvalue weighted by atomic mass is 16.1. The average Bonchev–Trinajstić information content (AvgIpc) is 3.19. The molecule has 3 rings (SSSR count). The van der Waals surface area contributed by atoms with E-state index in [1.807, 2.05) is 37.4 Å². The zero-order valence-electron chi connectivity index (χ0n) is 16.0. The molecule has 2 aromatic rings. The minimum Gasteiger partial charge on any atom is -0.340 e. The molecule has 1 fully saturated rings. The Morgan fingerprint density at radius 2 is 1.85 bits per heavy atom. The molecule has 0 spiro atoms. The third kappa shape index (κ3) is 4.95. The fourth-order valence-corrected chi connectivity index (χ4v) is 3.63. The lowest BCUT2D eigenvalue weighted by Gasteiger charge is -2.29. The third-order valence-corrected chi connectivity index (χ3v) is 5.10. The molecule has 1 saturated heterocycles. The smallest absolute Gasteiger partial charge is 0.221 e. The quantitative estimate of drug-likeness (QED) is 0.764. The largest absolute Gasteiger partial charge is 0.340 e. The Labute approximate surface area is 161 Å². The standard InChI is InChI=1S/C22H27N3O2/c1-17(27)23-21-10-8-18(9-11-21)19-6-5-7-20(14-19)22(24(2)16-26)15-25-12-3-4-13-25/h5-11,14,16,22H,3-4,12-13,15H2,1-2H3,(H,23,27). The number of anilines is 1. The van der Waals surface area contributed by atoms with Gasteiger partial charge in [-0.15, -0.1) is 0 Å². The Bertz CT molecular complexity index is 782. The number of likely N-dealkylation sites (N-methyl/N-ethyl adjacent to an activating group) is 1. The minimum atomic E-state index is -0.0774. The molecule has 0 saturated carbocycles. The predicted molar refractivity (Wildman–Crippen MR) is 108 cm³/mol. The molecule has 2 aromatic carbocycles. The van der Waals surface area contributed by atoms with E-state index in [1.165, 1.54) is 19.8 Å². The van der Waals surface area contributed by atoms with E-state index < -0.39 is 0 Å². The molecule has 5 heteroatoms. The van der Waals surface area contributed by atoms with Gasteiger partial charge >= 0.3 is 0 Å². The maximum absolute atomic E-state index is 11.4. The van der Waals surface area contributed by atoms with Crippen molar-refractivity contribution in [2.75, 3.05) is 32.0 Å². The Kier molecular flexibility index (Phi) is 6.24. The maximum atomic E-state index is 11.4. The number of carbonyl (C=O) groups excluding carboxylic acids is 2. The lowest BCUT2D eigenvalue weighted by atomic mass is 9.98. The van der Waals surface area contributed by atoms with E-state index in [2.05, 4.69) is 28.4 Å². The molecule has 1 aliphatic rings. The molecule has 142 valence electrons. The topological polar surface area (TPSA) is 52.7 Å². The highest BCUT2D eigenvalue weighted by Crippen LogP contribution is 2.28. The summed E-state index contributed by atoms with van der Waals surface area (Å²) in [6.45, 7) is 4.57. The van der Waals surface area contributed by atoms with Crippen molar-refractivity contribution in [3.05, 3.63) is 54.1 Å². The van der Waals surface area contributed by atoms with Crippen LogP contribution in [0.3, 0.4) is 0 Å². The van der Waals surface area contributed by atoms with Gasteiger partial charge in [-0.1, -0.05) is 30.3 Å². The molecule has 2 amide bonds. The van der Waals surface area contributed by atoms with Crippen LogP contribution >= 0.6 is 0 Å². The van der Waals surface area contributed by atoms with Crippen LogP contribution in [0.15, 0.2) is 48.5 Å². The number of likely N-dealkylation sites (tertiary alicyclic amines) is 1. The first-order chi connectivity index (χ1) is 13.1. The number of carbonyl (C=O) groups is 2. The molecule has 1 aliphatic heterocycles. The lowest BCUT2D eigenvalue weighted by Crippen LogP contribution is -2.34. The summed E-state index contributed by atoms with van der Waals surface area (Å²) in [5.41, 5.74) is 4.11. The summed E-state index contributed by atoms with van der Waals surface area (Å²) < 4.78 is 0. The van der Waals surface area contributed by atoms with Gasteiger partial charge in [-0.2, -0.15) is 0 Å². The van der Waals surface area contributed by atoms with E-state index in [1.54, 1.807) is 4.90 Å². The second kappa shape index (κ2) is 8.82. The highest BCUT2D eigenvalue weighted by Gasteiger charge is 2.22. The van der Waals surface area contributed by atoms with Crippen molar-refractivity contribution in [2.24, 2.45) is 0 Å². The molecule has 1 unspecified atom stereocenters. The Morgan fingerprint density at radius 3 is 2.48 bits per heavy atom. The Morgan fingerprint density at radius 1 is 1.15 bits per heavy atom. The van der Waals surface area contributed by atoms with Crippen LogP contribution in [0.5, 0.6) is 0 Å². The van der Waals surface area contributed by atoms with Gasteiger partial charge in [0.1, 0.15) is 0 Å². The molecule has 1 N–H and O–H groups in total. The highest BCUT2D eigenvalue weighted by molar-refractivity contribution is 5.89. The first kappa shape index (κ1) is 19.1. The Hall–Kier alpha value is -2.66. The lowest BCUT2D eigenvalue weighted by molar-refractivity contribution is -0.119. The second-order valence-corrected chi connectivity index (χ2v) is 7.18. The van der Waals surface area contributed by atoms with Crippen LogP contribution in [0.25, 0.3) is 11.1 Å². The summed E-state index contributed by atoms with van der Waals surface area (Å²) in [5.74, 6) is -0.0774. The first-order valence-corrected chi connectivity index (χ1v) is 9.44. The van der Waals surface area contributed by atoms with Crippen LogP contribution in [0.1, 0.15) is 31.4 Å². The molecule has 0 radical (unpaired) electrons. The van der Waals surface area contributed by atoms with Gasteiger partial charge in [0.05, 0.1) is 6.04 Å². The van der Waals surface area contributed by atoms with E-state index in [0.29, 0.717) is 0 Å². The van der Waals surface area contributed by atoms with Gasteiger partial charge < -0.3 is 15.1 Å². The van der Waals surface area contributed by atoms with Crippen molar-refractivity contribution in [3.63, 3.8) is 0 Å². The van der Waals surface area contributed by atoms with Crippen LogP contribution in [0, 0.1) is 0 Å². The monoisotopic (exact) mass is 365 g/mol. The fourth-order valence-electron chi connectivity index (χ4n) is 3.63. The summed E-state index contributed by atoms with van der Waals surface area (Å²) in [7, 11) is 1.85. The van der Waals surface area contributed by atoms with E-state index in [4.69, 9.17) is 0 Å². The zero-order valence-corrected chi connectivity index (χ0v) is 16.0. The van der Waals surface area contributed by atoms with Gasteiger partial charge in [0.2, 0.25) is 12.3 Å². The Balaban J connectivity index is 1.83. The van der Waals surface area contributed by atoms with E-state index in [-0.39, 0.29) is 11.9 Å². The summed E-state index contributed by atoms with van der Waals surface area (Å²) in [4.78, 5) is 26.8. The summed E-state index contributed by atoms with van der Waals surface area (Å²) in [5, 5.41) is 2.79. The zero-order chi connectivity index (χ0) is 19.2. The van der Waals surface area contributed by atoms with Gasteiger partial charge in [0, 0.05) is 26.2 Å². The molecular formula is C22H27N3O2. The summed E-state index contributed by atoms with van der Waals surface area (Å²) in [6.07, 6.45) is 3.38. The van der Waals surface area contributed by atoms with Crippen LogP contribution in [0.2, 0.25) is 0 Å². The fraction of sp³-hybridized carbons (Fsp3) is 0.364. The molecule has 5 nitrogen and oxygen atoms in total. The molecular weight excluding hydrogens is 338 g/mol. The number of nitrogens with zero attached hydrogens (tertiary/aromatic N) is 2. The third-order valence-electron chi connectivity index (χ3n) is 5.10. The molecule has 1 heterocycles. The van der Waals surface area contributed by atoms with Crippen molar-refractivity contribution in [1.29, 1.82) is 0 Å². The second-order valence-electron chi connectivity index (χ2n) is 7.18. The number of hydrogen-bond acceptors (Lipinski definition) is 3. The van der Waals surface area contributed by atoms with Crippen molar-refractivity contribution < 1.29 is 9.59 Å². The van der Waals surface area contributed by atoms with Gasteiger partial charge in [-0.3, -0.25) is 9.59 Å². The van der Waals surface area contributed by atoms with Crippen LogP contribution in [0.4, 0.5) is 5.69 Å². The van der Waals surface area contributed by atoms with Crippen molar-refractivity contribution >= 4 is 18.0 Å². The van der Waals surface area contributed by atoms with Crippen molar-refractivity contribution in [2.45, 2.75) is 25.8 Å². The normalized spacial score (nSPS) is 15.3. The van der Waals surface area contributed by atoms with Crippen LogP contribution in [-0.2, 0) is 9.59 Å². The van der Waals surface area contributed by atoms with Crippen LogP contribution in [-0.4, -0.2) is 48.8 Å². The summed E-state index contributed by atoms with van der Waals surface area (Å²) in [6, 6.07) is 16.2. The molecule has 0 aliphatic carbocycles. The van der Waals surface area contributed by atoms with Crippen LogP contribution < -0.4 is 5.32 Å². The number of hydrogen-bond donors (Lipinski definition) is 1. The average molecular weight is 365 g/mol. The number of rotatable bonds is 7. The van der Waals surface area contributed by atoms with E-state index in [9.17, 15) is 9.59 Å². The van der Waals surface area contributed by atoms with Gasteiger partial charge in [-0.25, -0.2) is 0 Å². The SMILES string of the molecule is CC(=O)Nc1ccc(-c2cccc(C(CN3CCCC3)N(C)C=O)c2)cc1. The van der Waals surface area contributed by atoms with Gasteiger partial charge in [-0.05, 0) is 60.8 Å². The molecule has 0 bridgehead atoms. The van der Waals surface area contributed by atoms with Crippen molar-refractivity contribution in [3.8, 4) is 11.1 Å². The summed E-state index contributed by atoms with van der Waals surface area (Å²) >= 11 is 0. The number of benzene rings is 2. The number of nitrogens with one attached hydrogen (secondary N) is 1. The van der Waals surface area contributed by atoms with Crippen molar-refractivity contribution in [1.82, 2.24) is 9.80 Å². The van der Waals surface area contributed by atoms with E-state index in [0.717, 1.165) is 48.4 Å². The number of amides is 2. The minimum absolute atomic E-state index is 0.0409. The molecule has 0 aromatic heterocycles. The van der Waals surface area contributed by atoms with E-state index >= 15 is 0 Å².